The molecule has 3 aromatic heterocycles. The summed E-state index contributed by atoms with van der Waals surface area (Å²) in [4.78, 5) is 40.1. The van der Waals surface area contributed by atoms with Crippen LogP contribution in [0.2, 0.25) is 5.02 Å². The summed E-state index contributed by atoms with van der Waals surface area (Å²) in [6.45, 7) is 1.90. The number of halogens is 1. The first-order valence-corrected chi connectivity index (χ1v) is 16.7. The Kier molecular flexibility index (Phi) is 7.12. The molecule has 0 saturated heterocycles. The number of fused-ring (bicyclic) bond motifs is 2. The lowest BCUT2D eigenvalue weighted by Crippen LogP contribution is -2.27. The van der Waals surface area contributed by atoms with Crippen molar-refractivity contribution < 1.29 is 0 Å². The fourth-order valence-electron chi connectivity index (χ4n) is 5.31. The number of hydrogen-bond acceptors (Lipinski definition) is 5. The van der Waals surface area contributed by atoms with Crippen molar-refractivity contribution in [2.75, 3.05) is 24.1 Å². The molecule has 0 aliphatic rings. The highest BCUT2D eigenvalue weighted by molar-refractivity contribution is 8.32. The molecule has 0 radical (unpaired) electrons. The van der Waals surface area contributed by atoms with Crippen molar-refractivity contribution in [3.05, 3.63) is 123 Å². The second-order valence-corrected chi connectivity index (χ2v) is 15.4. The zero-order valence-corrected chi connectivity index (χ0v) is 25.3. The first kappa shape index (κ1) is 27.8. The number of benzene rings is 3. The van der Waals surface area contributed by atoms with Gasteiger partial charge in [0.05, 0.1) is 22.1 Å². The van der Waals surface area contributed by atoms with Crippen molar-refractivity contribution in [1.82, 2.24) is 19.5 Å². The second kappa shape index (κ2) is 10.8. The second-order valence-electron chi connectivity index (χ2n) is 10.9. The average Bonchev–Trinajstić information content (AvgIpc) is 2.98. The van der Waals surface area contributed by atoms with Gasteiger partial charge in [0.2, 0.25) is 0 Å². The number of pyridine rings is 2. The number of aromatic amines is 1. The van der Waals surface area contributed by atoms with Crippen LogP contribution in [0.25, 0.3) is 38.6 Å². The van der Waals surface area contributed by atoms with E-state index < -0.39 is 16.1 Å². The quantitative estimate of drug-likeness (QED) is 0.213. The van der Waals surface area contributed by atoms with Gasteiger partial charge in [0.15, 0.2) is 5.43 Å². The average molecular weight is 596 g/mol. The predicted molar refractivity (Wildman–Crippen MR) is 176 cm³/mol. The van der Waals surface area contributed by atoms with E-state index in [2.05, 4.69) is 63.3 Å². The summed E-state index contributed by atoms with van der Waals surface area (Å²) in [5, 5.41) is 5.32. The van der Waals surface area contributed by atoms with Crippen LogP contribution in [0.3, 0.4) is 0 Å². The molecular weight excluding hydrogens is 566 g/mol. The molecule has 6 aromatic rings. The molecule has 9 heteroatoms. The van der Waals surface area contributed by atoms with E-state index in [4.69, 9.17) is 11.6 Å². The van der Waals surface area contributed by atoms with Crippen LogP contribution in [-0.2, 0) is 0 Å². The first-order valence-electron chi connectivity index (χ1n) is 13.5. The molecule has 6 rings (SSSR count). The predicted octanol–water partition coefficient (Wildman–Crippen LogP) is 7.17. The number of anilines is 1. The zero-order chi connectivity index (χ0) is 29.6. The Morgan fingerprint density at radius 1 is 0.881 bits per heavy atom. The summed E-state index contributed by atoms with van der Waals surface area (Å²) in [5.74, 6) is 0.354. The van der Waals surface area contributed by atoms with E-state index in [1.165, 1.54) is 17.3 Å². The summed E-state index contributed by atoms with van der Waals surface area (Å²) in [6.07, 6.45) is 9.71. The monoisotopic (exact) mass is 595 g/mol. The van der Waals surface area contributed by atoms with Crippen molar-refractivity contribution >= 4 is 49.3 Å². The van der Waals surface area contributed by atoms with Crippen LogP contribution in [0.1, 0.15) is 18.7 Å². The van der Waals surface area contributed by atoms with E-state index in [9.17, 15) is 9.59 Å². The van der Waals surface area contributed by atoms with Gasteiger partial charge in [0, 0.05) is 23.3 Å². The van der Waals surface area contributed by atoms with E-state index in [0.29, 0.717) is 44.0 Å². The van der Waals surface area contributed by atoms with Gasteiger partial charge in [-0.15, -0.1) is 0 Å². The van der Waals surface area contributed by atoms with Gasteiger partial charge in [-0.1, -0.05) is 60.1 Å². The van der Waals surface area contributed by atoms with E-state index in [0.717, 1.165) is 11.1 Å². The van der Waals surface area contributed by atoms with Gasteiger partial charge in [-0.05, 0) is 66.0 Å². The number of aromatic nitrogens is 4. The molecule has 2 N–H and O–H groups in total. The minimum absolute atomic E-state index is 0.184. The summed E-state index contributed by atoms with van der Waals surface area (Å²) >= 11 is 7.23. The molecule has 0 fully saturated rings. The maximum atomic E-state index is 14.5. The Bertz CT molecular complexity index is 2060. The van der Waals surface area contributed by atoms with Crippen LogP contribution in [0, 0.1) is 0 Å². The normalized spacial score (nSPS) is 12.9. The topological polar surface area (TPSA) is 92.7 Å². The molecule has 0 aliphatic carbocycles. The third-order valence-electron chi connectivity index (χ3n) is 7.38. The summed E-state index contributed by atoms with van der Waals surface area (Å²) in [5.41, 5.74) is 3.03. The highest BCUT2D eigenvalue weighted by atomic mass is 35.5. The van der Waals surface area contributed by atoms with Gasteiger partial charge in [0.1, 0.15) is 23.2 Å². The number of hydrogen-bond donors (Lipinski definition) is 2. The molecule has 0 bridgehead atoms. The van der Waals surface area contributed by atoms with Crippen molar-refractivity contribution in [2.24, 2.45) is 0 Å². The number of para-hydroxylation sites is 1. The zero-order valence-electron chi connectivity index (χ0n) is 23.7. The van der Waals surface area contributed by atoms with Crippen LogP contribution in [0.5, 0.6) is 0 Å². The third-order valence-corrected chi connectivity index (χ3v) is 9.47. The molecule has 0 spiro atoms. The lowest BCUT2D eigenvalue weighted by molar-refractivity contribution is 0.774. The number of nitrogens with zero attached hydrogens (tertiary/aromatic N) is 3. The lowest BCUT2D eigenvalue weighted by atomic mass is 9.97. The van der Waals surface area contributed by atoms with Crippen LogP contribution in [-0.4, -0.2) is 38.3 Å². The minimum Gasteiger partial charge on any atom is -0.361 e. The van der Waals surface area contributed by atoms with E-state index in [-0.39, 0.29) is 11.0 Å². The Hall–Kier alpha value is -4.40. The SMILES string of the molecule is C[C@H](Nc1ncnc2[nH]ccc(=O)c12)c1c(Cl)c2cccc(-c3ccc(S(C)(C)C)cc3)c2c(=O)n1-c1ccccc1. The molecule has 3 heterocycles. The first-order chi connectivity index (χ1) is 20.1. The molecule has 0 aliphatic heterocycles. The largest absolute Gasteiger partial charge is 0.361 e. The van der Waals surface area contributed by atoms with Gasteiger partial charge < -0.3 is 10.3 Å². The number of rotatable bonds is 6. The molecular formula is C33H30ClN5O2S. The number of H-pyrrole nitrogens is 1. The van der Waals surface area contributed by atoms with Crippen molar-refractivity contribution in [1.29, 1.82) is 0 Å². The van der Waals surface area contributed by atoms with Crippen molar-refractivity contribution in [3.8, 4) is 16.8 Å². The van der Waals surface area contributed by atoms with Crippen LogP contribution in [0.4, 0.5) is 5.82 Å². The highest BCUT2D eigenvalue weighted by Gasteiger charge is 2.24. The van der Waals surface area contributed by atoms with Gasteiger partial charge in [-0.25, -0.2) is 20.0 Å². The van der Waals surface area contributed by atoms with Gasteiger partial charge >= 0.3 is 0 Å². The van der Waals surface area contributed by atoms with E-state index in [1.807, 2.05) is 55.5 Å². The molecule has 42 heavy (non-hydrogen) atoms. The van der Waals surface area contributed by atoms with E-state index >= 15 is 0 Å². The summed E-state index contributed by atoms with van der Waals surface area (Å²) in [7, 11) is -0.884. The molecule has 0 unspecified atom stereocenters. The van der Waals surface area contributed by atoms with Crippen molar-refractivity contribution in [3.63, 3.8) is 0 Å². The molecule has 1 atom stereocenters. The third kappa shape index (κ3) is 4.86. The molecule has 7 nitrogen and oxygen atoms in total. The molecule has 212 valence electrons. The smallest absolute Gasteiger partial charge is 0.263 e. The summed E-state index contributed by atoms with van der Waals surface area (Å²) < 4.78 is 1.66. The van der Waals surface area contributed by atoms with Crippen LogP contribution in [0.15, 0.2) is 106 Å². The van der Waals surface area contributed by atoms with Crippen LogP contribution < -0.4 is 16.3 Å². The van der Waals surface area contributed by atoms with Gasteiger partial charge in [-0.3, -0.25) is 14.2 Å². The molecule has 0 saturated carbocycles. The lowest BCUT2D eigenvalue weighted by Gasteiger charge is -2.26. The van der Waals surface area contributed by atoms with E-state index in [1.54, 1.807) is 10.8 Å². The molecule has 0 amide bonds. The van der Waals surface area contributed by atoms with Crippen molar-refractivity contribution in [2.45, 2.75) is 17.9 Å². The van der Waals surface area contributed by atoms with Gasteiger partial charge in [-0.2, -0.15) is 0 Å². The Morgan fingerprint density at radius 3 is 2.33 bits per heavy atom. The summed E-state index contributed by atoms with van der Waals surface area (Å²) in [6, 6.07) is 24.6. The maximum absolute atomic E-state index is 14.5. The fourth-order valence-corrected chi connectivity index (χ4v) is 6.67. The number of nitrogens with one attached hydrogen (secondary N) is 2. The Morgan fingerprint density at radius 2 is 1.62 bits per heavy atom. The maximum Gasteiger partial charge on any atom is 0.263 e. The highest BCUT2D eigenvalue weighted by Crippen LogP contribution is 2.45. The Balaban J connectivity index is 1.58. The van der Waals surface area contributed by atoms with Crippen LogP contribution >= 0.6 is 21.6 Å². The van der Waals surface area contributed by atoms with Gasteiger partial charge in [0.25, 0.3) is 5.56 Å². The molecule has 3 aromatic carbocycles. The fraction of sp³-hybridized carbons (Fsp3) is 0.152. The Labute approximate surface area is 249 Å². The minimum atomic E-state index is -0.884. The standard InChI is InChI=1S/C33H30ClN5O2S/c1-20(38-32-28-26(40)17-18-35-31(28)36-19-37-32)30-29(34)25-12-8-11-24(21-13-15-23(16-14-21)42(2,3)4)27(25)33(41)39(30)22-9-6-5-7-10-22/h5-20H,1-4H3,(H2,35,36,37,38,40)/t20-/m0/s1.